The van der Waals surface area contributed by atoms with E-state index in [1.165, 1.54) is 24.4 Å². The van der Waals surface area contributed by atoms with Gasteiger partial charge in [0.25, 0.3) is 0 Å². The first kappa shape index (κ1) is 19.2. The Morgan fingerprint density at radius 3 is 2.45 bits per heavy atom. The maximum absolute atomic E-state index is 12.7. The number of amides is 1. The Bertz CT molecular complexity index is 914. The highest BCUT2D eigenvalue weighted by molar-refractivity contribution is 5.87. The highest BCUT2D eigenvalue weighted by Gasteiger charge is 2.53. The van der Waals surface area contributed by atoms with Gasteiger partial charge in [0.1, 0.15) is 0 Å². The molecule has 152 valence electrons. The lowest BCUT2D eigenvalue weighted by atomic mass is 9.60. The van der Waals surface area contributed by atoms with Crippen molar-refractivity contribution in [3.8, 4) is 0 Å². The van der Waals surface area contributed by atoms with E-state index < -0.39 is 11.7 Å². The molecular weight excluding hydrogens is 383 g/mol. The van der Waals surface area contributed by atoms with Crippen molar-refractivity contribution in [3.63, 3.8) is 0 Å². The van der Waals surface area contributed by atoms with Gasteiger partial charge < -0.3 is 15.5 Å². The van der Waals surface area contributed by atoms with Crippen LogP contribution in [0.25, 0.3) is 0 Å². The lowest BCUT2D eigenvalue weighted by molar-refractivity contribution is -0.137. The maximum atomic E-state index is 12.7. The molecule has 9 heteroatoms. The van der Waals surface area contributed by atoms with Crippen molar-refractivity contribution in [1.82, 2.24) is 15.3 Å². The zero-order valence-electron chi connectivity index (χ0n) is 15.5. The maximum Gasteiger partial charge on any atom is 0.416 e. The Morgan fingerprint density at radius 1 is 1.17 bits per heavy atom. The first-order valence-electron chi connectivity index (χ1n) is 9.21. The summed E-state index contributed by atoms with van der Waals surface area (Å²) in [5, 5.41) is 5.96. The molecule has 0 atom stereocenters. The van der Waals surface area contributed by atoms with Crippen molar-refractivity contribution < 1.29 is 18.0 Å². The largest absolute Gasteiger partial charge is 0.416 e. The number of benzene rings is 1. The third-order valence-corrected chi connectivity index (χ3v) is 5.40. The van der Waals surface area contributed by atoms with Crippen molar-refractivity contribution in [2.45, 2.75) is 25.1 Å². The molecule has 0 unspecified atom stereocenters. The van der Waals surface area contributed by atoms with Gasteiger partial charge >= 0.3 is 6.18 Å². The summed E-state index contributed by atoms with van der Waals surface area (Å²) in [5.74, 6) is 1.01. The summed E-state index contributed by atoms with van der Waals surface area (Å²) < 4.78 is 38.2. The summed E-state index contributed by atoms with van der Waals surface area (Å²) in [7, 11) is 0. The predicted octanol–water partition coefficient (Wildman–Crippen LogP) is 3.51. The van der Waals surface area contributed by atoms with E-state index in [9.17, 15) is 18.0 Å². The van der Waals surface area contributed by atoms with Gasteiger partial charge in [-0.25, -0.2) is 9.97 Å². The molecule has 2 N–H and O–H groups in total. The minimum Gasteiger partial charge on any atom is -0.352 e. The lowest BCUT2D eigenvalue weighted by Crippen LogP contribution is -2.66. The number of nitrogens with zero attached hydrogens (tertiary/aromatic N) is 3. The second-order valence-corrected chi connectivity index (χ2v) is 7.60. The van der Waals surface area contributed by atoms with Crippen LogP contribution >= 0.6 is 0 Å². The van der Waals surface area contributed by atoms with Gasteiger partial charge in [-0.2, -0.15) is 13.2 Å². The number of hydrogen-bond acceptors (Lipinski definition) is 5. The third kappa shape index (κ3) is 3.90. The fourth-order valence-corrected chi connectivity index (χ4v) is 4.05. The molecule has 1 spiro atoms. The molecule has 2 aromatic rings. The number of halogens is 3. The Hall–Kier alpha value is -3.10. The van der Waals surface area contributed by atoms with Crippen LogP contribution < -0.4 is 15.5 Å². The zero-order valence-corrected chi connectivity index (χ0v) is 15.5. The molecule has 1 aliphatic carbocycles. The van der Waals surface area contributed by atoms with Gasteiger partial charge in [0.2, 0.25) is 5.91 Å². The molecule has 0 radical (unpaired) electrons. The summed E-state index contributed by atoms with van der Waals surface area (Å²) in [6, 6.07) is 4.98. The van der Waals surface area contributed by atoms with Gasteiger partial charge in [-0.05, 0) is 43.2 Å². The van der Waals surface area contributed by atoms with Crippen LogP contribution in [0, 0.1) is 5.41 Å². The Morgan fingerprint density at radius 2 is 1.83 bits per heavy atom. The smallest absolute Gasteiger partial charge is 0.352 e. The van der Waals surface area contributed by atoms with E-state index >= 15 is 0 Å². The summed E-state index contributed by atoms with van der Waals surface area (Å²) in [6.07, 6.45) is 1.85. The summed E-state index contributed by atoms with van der Waals surface area (Å²) in [5.41, 5.74) is -0.0246. The summed E-state index contributed by atoms with van der Waals surface area (Å²) in [4.78, 5) is 22.2. The molecule has 2 heterocycles. The summed E-state index contributed by atoms with van der Waals surface area (Å²) >= 11 is 0. The van der Waals surface area contributed by atoms with E-state index in [-0.39, 0.29) is 17.4 Å². The normalized spacial score (nSPS) is 18.0. The van der Waals surface area contributed by atoms with E-state index in [1.807, 2.05) is 0 Å². The van der Waals surface area contributed by atoms with Crippen molar-refractivity contribution in [2.24, 2.45) is 5.41 Å². The van der Waals surface area contributed by atoms with Crippen LogP contribution in [0.2, 0.25) is 0 Å². The Kier molecular flexibility index (Phi) is 4.68. The van der Waals surface area contributed by atoms with E-state index in [4.69, 9.17) is 0 Å². The number of aromatic nitrogens is 2. The molecular formula is C20H20F3N5O. The van der Waals surface area contributed by atoms with Crippen LogP contribution in [0.15, 0.2) is 49.3 Å². The van der Waals surface area contributed by atoms with Gasteiger partial charge in [0.15, 0.2) is 11.6 Å². The van der Waals surface area contributed by atoms with Gasteiger partial charge in [-0.3, -0.25) is 4.79 Å². The number of carbonyl (C=O) groups excluding carboxylic acids is 1. The Labute approximate surface area is 165 Å². The molecule has 4 rings (SSSR count). The fourth-order valence-electron chi connectivity index (χ4n) is 4.05. The van der Waals surface area contributed by atoms with Crippen molar-refractivity contribution >= 4 is 23.2 Å². The number of nitrogens with one attached hydrogen (secondary N) is 2. The van der Waals surface area contributed by atoms with E-state index in [2.05, 4.69) is 32.1 Å². The molecule has 2 fully saturated rings. The van der Waals surface area contributed by atoms with Gasteiger partial charge in [-0.15, -0.1) is 0 Å². The molecule has 1 saturated carbocycles. The number of rotatable bonds is 5. The fraction of sp³-hybridized carbons (Fsp3) is 0.350. The van der Waals surface area contributed by atoms with Crippen molar-refractivity contribution in [2.75, 3.05) is 23.3 Å². The van der Waals surface area contributed by atoms with E-state index in [0.717, 1.165) is 38.1 Å². The minimum atomic E-state index is -4.37. The number of carbonyl (C=O) groups is 1. The SMILES string of the molecule is C=CC(=O)NC1CC2(C1)CN(c1nccnc1Nc1ccc(C(F)(F)F)cc1)C2. The average molecular weight is 403 g/mol. The molecule has 2 aliphatic rings. The second kappa shape index (κ2) is 7.06. The molecule has 29 heavy (non-hydrogen) atoms. The molecule has 1 saturated heterocycles. The van der Waals surface area contributed by atoms with Crippen molar-refractivity contribution in [1.29, 1.82) is 0 Å². The minimum absolute atomic E-state index is 0.155. The molecule has 1 aliphatic heterocycles. The van der Waals surface area contributed by atoms with Gasteiger partial charge in [-0.1, -0.05) is 6.58 Å². The van der Waals surface area contributed by atoms with Crippen LogP contribution in [0.4, 0.5) is 30.5 Å². The van der Waals surface area contributed by atoms with Crippen LogP contribution in [-0.4, -0.2) is 35.0 Å². The van der Waals surface area contributed by atoms with Crippen LogP contribution in [0.1, 0.15) is 18.4 Å². The van der Waals surface area contributed by atoms with Crippen LogP contribution in [-0.2, 0) is 11.0 Å². The zero-order chi connectivity index (χ0) is 20.6. The van der Waals surface area contributed by atoms with Crippen LogP contribution in [0.3, 0.4) is 0 Å². The molecule has 1 amide bonds. The van der Waals surface area contributed by atoms with Crippen molar-refractivity contribution in [3.05, 3.63) is 54.9 Å². The number of hydrogen-bond donors (Lipinski definition) is 2. The van der Waals surface area contributed by atoms with Gasteiger partial charge in [0.05, 0.1) is 5.56 Å². The quantitative estimate of drug-likeness (QED) is 0.748. The molecule has 1 aromatic carbocycles. The Balaban J connectivity index is 1.39. The monoisotopic (exact) mass is 403 g/mol. The average Bonchev–Trinajstić information content (AvgIpc) is 2.63. The van der Waals surface area contributed by atoms with E-state index in [1.54, 1.807) is 6.20 Å². The first-order valence-corrected chi connectivity index (χ1v) is 9.21. The topological polar surface area (TPSA) is 70.2 Å². The third-order valence-electron chi connectivity index (χ3n) is 5.40. The highest BCUT2D eigenvalue weighted by Crippen LogP contribution is 2.50. The standard InChI is InChI=1S/C20H20F3N5O/c1-2-16(29)26-15-9-19(10-15)11-28(12-19)18-17(24-7-8-25-18)27-14-5-3-13(4-6-14)20(21,22)23/h2-8,15H,1,9-12H2,(H,24,27)(H,26,29). The van der Waals surface area contributed by atoms with E-state index in [0.29, 0.717) is 17.3 Å². The first-order chi connectivity index (χ1) is 13.8. The molecule has 0 bridgehead atoms. The second-order valence-electron chi connectivity index (χ2n) is 7.60. The summed E-state index contributed by atoms with van der Waals surface area (Å²) in [6.45, 7) is 5.06. The predicted molar refractivity (Wildman–Crippen MR) is 103 cm³/mol. The molecule has 6 nitrogen and oxygen atoms in total. The highest BCUT2D eigenvalue weighted by atomic mass is 19.4. The van der Waals surface area contributed by atoms with Gasteiger partial charge in [0, 0.05) is 42.6 Å². The lowest BCUT2D eigenvalue weighted by Gasteiger charge is -2.59. The molecule has 1 aromatic heterocycles. The number of alkyl halides is 3. The van der Waals surface area contributed by atoms with Crippen LogP contribution in [0.5, 0.6) is 0 Å². The number of anilines is 3.